The maximum absolute atomic E-state index is 4.60. The Morgan fingerprint density at radius 3 is 2.66 bits per heavy atom. The Labute approximate surface area is 196 Å². The number of aromatic nitrogens is 5. The number of benzene rings is 2. The Kier molecular flexibility index (Phi) is 5.31. The van der Waals surface area contributed by atoms with E-state index in [-0.39, 0.29) is 6.04 Å². The maximum Gasteiger partial charge on any atom is 0.173 e. The zero-order chi connectivity index (χ0) is 21.5. The first-order valence-electron chi connectivity index (χ1n) is 11.6. The third-order valence-electron chi connectivity index (χ3n) is 7.15. The van der Waals surface area contributed by atoms with E-state index in [2.05, 4.69) is 94.6 Å². The van der Waals surface area contributed by atoms with E-state index >= 15 is 0 Å². The van der Waals surface area contributed by atoms with E-state index < -0.39 is 0 Å². The van der Waals surface area contributed by atoms with Gasteiger partial charge < -0.3 is 4.98 Å². The van der Waals surface area contributed by atoms with Gasteiger partial charge in [0.2, 0.25) is 0 Å². The Hall–Kier alpha value is -2.51. The maximum atomic E-state index is 4.60. The van der Waals surface area contributed by atoms with Gasteiger partial charge >= 0.3 is 0 Å². The van der Waals surface area contributed by atoms with Gasteiger partial charge in [-0.3, -0.25) is 4.90 Å². The van der Waals surface area contributed by atoms with Crippen molar-refractivity contribution in [2.75, 3.05) is 6.54 Å². The van der Waals surface area contributed by atoms with Crippen molar-refractivity contribution in [3.05, 3.63) is 75.6 Å². The Morgan fingerprint density at radius 2 is 1.81 bits per heavy atom. The van der Waals surface area contributed by atoms with Crippen LogP contribution in [0.1, 0.15) is 66.8 Å². The molecular weight excluding hydrogens is 464 g/mol. The molecule has 0 saturated heterocycles. The van der Waals surface area contributed by atoms with Gasteiger partial charge in [0.05, 0.1) is 12.1 Å². The fourth-order valence-corrected chi connectivity index (χ4v) is 5.83. The van der Waals surface area contributed by atoms with E-state index in [9.17, 15) is 0 Å². The van der Waals surface area contributed by atoms with Gasteiger partial charge in [-0.15, -0.1) is 5.10 Å². The average molecular weight is 491 g/mol. The molecule has 2 aromatic heterocycles. The van der Waals surface area contributed by atoms with Crippen LogP contribution in [0.5, 0.6) is 0 Å². The molecule has 1 unspecified atom stereocenters. The standard InChI is InChI=1S/C25H27BrN6/c26-18-12-10-17(11-13-18)24(25-28-29-30-32(25)19-6-2-1-3-7-19)31-15-14-21-20-8-4-5-9-22(20)27-23(21)16-31/h4-5,8-13,19,24,27H,1-3,6-7,14-16H2. The largest absolute Gasteiger partial charge is 0.357 e. The molecule has 0 bridgehead atoms. The predicted octanol–water partition coefficient (Wildman–Crippen LogP) is 5.57. The normalized spacial score (nSPS) is 18.7. The number of halogens is 1. The molecule has 1 N–H and O–H groups in total. The number of fused-ring (bicyclic) bond motifs is 3. The van der Waals surface area contributed by atoms with Crippen LogP contribution in [0.3, 0.4) is 0 Å². The second-order valence-corrected chi connectivity index (χ2v) is 9.99. The third kappa shape index (κ3) is 3.57. The molecule has 7 heteroatoms. The zero-order valence-corrected chi connectivity index (χ0v) is 19.6. The first kappa shape index (κ1) is 20.1. The molecule has 1 aliphatic heterocycles. The highest BCUT2D eigenvalue weighted by Gasteiger charge is 2.33. The van der Waals surface area contributed by atoms with E-state index in [1.165, 1.54) is 47.0 Å². The summed E-state index contributed by atoms with van der Waals surface area (Å²) in [5.74, 6) is 0.971. The molecule has 1 aliphatic carbocycles. The summed E-state index contributed by atoms with van der Waals surface area (Å²) >= 11 is 3.59. The summed E-state index contributed by atoms with van der Waals surface area (Å²) in [5.41, 5.74) is 5.24. The van der Waals surface area contributed by atoms with Crippen LogP contribution in [-0.4, -0.2) is 36.6 Å². The Morgan fingerprint density at radius 1 is 1.00 bits per heavy atom. The number of tetrazole rings is 1. The molecule has 32 heavy (non-hydrogen) atoms. The SMILES string of the molecule is Brc1ccc(C(c2nnnn2C2CCCCC2)N2CCc3c([nH]c4ccccc34)C2)cc1. The number of nitrogens with one attached hydrogen (secondary N) is 1. The van der Waals surface area contributed by atoms with E-state index in [4.69, 9.17) is 0 Å². The number of hydrogen-bond donors (Lipinski definition) is 1. The van der Waals surface area contributed by atoms with Gasteiger partial charge in [0.1, 0.15) is 0 Å². The Bertz CT molecular complexity index is 1220. The summed E-state index contributed by atoms with van der Waals surface area (Å²) in [6.07, 6.45) is 7.19. The highest BCUT2D eigenvalue weighted by Crippen LogP contribution is 2.37. The first-order valence-corrected chi connectivity index (χ1v) is 12.4. The molecule has 1 fully saturated rings. The number of rotatable bonds is 4. The van der Waals surface area contributed by atoms with Gasteiger partial charge in [-0.25, -0.2) is 4.68 Å². The van der Waals surface area contributed by atoms with Crippen LogP contribution >= 0.6 is 15.9 Å². The van der Waals surface area contributed by atoms with Crippen molar-refractivity contribution in [3.63, 3.8) is 0 Å². The molecule has 164 valence electrons. The van der Waals surface area contributed by atoms with Gasteiger partial charge in [-0.1, -0.05) is 65.5 Å². The molecule has 2 aromatic carbocycles. The van der Waals surface area contributed by atoms with Crippen LogP contribution in [0.2, 0.25) is 0 Å². The average Bonchev–Trinajstić information content (AvgIpc) is 3.46. The molecule has 6 rings (SSSR count). The second kappa shape index (κ2) is 8.45. The fourth-order valence-electron chi connectivity index (χ4n) is 5.57. The number of H-pyrrole nitrogens is 1. The summed E-state index contributed by atoms with van der Waals surface area (Å²) in [7, 11) is 0. The minimum atomic E-state index is 0.0274. The minimum Gasteiger partial charge on any atom is -0.357 e. The minimum absolute atomic E-state index is 0.0274. The molecule has 1 saturated carbocycles. The lowest BCUT2D eigenvalue weighted by atomic mass is 9.94. The van der Waals surface area contributed by atoms with Crippen LogP contribution in [0, 0.1) is 0 Å². The van der Waals surface area contributed by atoms with Crippen LogP contribution in [0.4, 0.5) is 0 Å². The molecule has 6 nitrogen and oxygen atoms in total. The number of para-hydroxylation sites is 1. The molecule has 0 spiro atoms. The molecule has 0 radical (unpaired) electrons. The zero-order valence-electron chi connectivity index (χ0n) is 18.0. The van der Waals surface area contributed by atoms with Crippen molar-refractivity contribution >= 4 is 26.8 Å². The summed E-state index contributed by atoms with van der Waals surface area (Å²) < 4.78 is 3.22. The van der Waals surface area contributed by atoms with E-state index in [0.29, 0.717) is 6.04 Å². The second-order valence-electron chi connectivity index (χ2n) is 9.08. The smallest absolute Gasteiger partial charge is 0.173 e. The van der Waals surface area contributed by atoms with Crippen LogP contribution < -0.4 is 0 Å². The highest BCUT2D eigenvalue weighted by atomic mass is 79.9. The molecular formula is C25H27BrN6. The summed E-state index contributed by atoms with van der Waals surface area (Å²) in [4.78, 5) is 6.21. The summed E-state index contributed by atoms with van der Waals surface area (Å²) in [5, 5.41) is 14.6. The lowest BCUT2D eigenvalue weighted by Gasteiger charge is -2.35. The Balaban J connectivity index is 1.40. The van der Waals surface area contributed by atoms with Crippen molar-refractivity contribution < 1.29 is 0 Å². The van der Waals surface area contributed by atoms with Crippen LogP contribution in [0.15, 0.2) is 53.0 Å². The predicted molar refractivity (Wildman–Crippen MR) is 128 cm³/mol. The quantitative estimate of drug-likeness (QED) is 0.406. The van der Waals surface area contributed by atoms with Gasteiger partial charge in [0, 0.05) is 34.2 Å². The van der Waals surface area contributed by atoms with Crippen molar-refractivity contribution in [2.24, 2.45) is 0 Å². The third-order valence-corrected chi connectivity index (χ3v) is 7.68. The van der Waals surface area contributed by atoms with Crippen LogP contribution in [-0.2, 0) is 13.0 Å². The number of hydrogen-bond acceptors (Lipinski definition) is 4. The van der Waals surface area contributed by atoms with Crippen LogP contribution in [0.25, 0.3) is 10.9 Å². The molecule has 0 amide bonds. The van der Waals surface area contributed by atoms with E-state index in [1.807, 2.05) is 0 Å². The van der Waals surface area contributed by atoms with E-state index in [0.717, 1.165) is 42.6 Å². The first-order chi connectivity index (χ1) is 15.8. The van der Waals surface area contributed by atoms with Gasteiger partial charge in [0.15, 0.2) is 5.82 Å². The number of nitrogens with zero attached hydrogens (tertiary/aromatic N) is 5. The van der Waals surface area contributed by atoms with Crippen molar-refractivity contribution in [1.82, 2.24) is 30.1 Å². The molecule has 4 aromatic rings. The van der Waals surface area contributed by atoms with Gasteiger partial charge in [0.25, 0.3) is 0 Å². The van der Waals surface area contributed by atoms with Gasteiger partial charge in [-0.05, 0) is 59.0 Å². The highest BCUT2D eigenvalue weighted by molar-refractivity contribution is 9.10. The summed E-state index contributed by atoms with van der Waals surface area (Å²) in [6, 6.07) is 17.7. The summed E-state index contributed by atoms with van der Waals surface area (Å²) in [6.45, 7) is 1.84. The fraction of sp³-hybridized carbons (Fsp3) is 0.400. The topological polar surface area (TPSA) is 62.6 Å². The van der Waals surface area contributed by atoms with Crippen molar-refractivity contribution in [2.45, 2.75) is 57.2 Å². The van der Waals surface area contributed by atoms with Crippen molar-refractivity contribution in [3.8, 4) is 0 Å². The lowest BCUT2D eigenvalue weighted by Crippen LogP contribution is -2.36. The lowest BCUT2D eigenvalue weighted by molar-refractivity contribution is 0.186. The molecule has 2 aliphatic rings. The number of aromatic amines is 1. The molecule has 3 heterocycles. The molecule has 1 atom stereocenters. The monoisotopic (exact) mass is 490 g/mol. The van der Waals surface area contributed by atoms with E-state index in [1.54, 1.807) is 0 Å². The van der Waals surface area contributed by atoms with Gasteiger partial charge in [-0.2, -0.15) is 0 Å². The van der Waals surface area contributed by atoms with Crippen molar-refractivity contribution in [1.29, 1.82) is 0 Å².